The highest BCUT2D eigenvalue weighted by molar-refractivity contribution is 6.56. The third-order valence-corrected chi connectivity index (χ3v) is 3.63. The Kier molecular flexibility index (Phi) is 2.45. The van der Waals surface area contributed by atoms with Crippen LogP contribution in [0.25, 0.3) is 10.9 Å². The minimum Gasteiger partial charge on any atom is -0.494 e. The number of carbonyl (C=O) groups excluding carboxylic acids is 1. The number of rotatable bonds is 1. The average Bonchev–Trinajstić information content (AvgIpc) is 2.96. The van der Waals surface area contributed by atoms with E-state index < -0.39 is 23.3 Å². The maximum Gasteiger partial charge on any atom is 0.214 e. The number of hydrogen-bond donors (Lipinski definition) is 2. The van der Waals surface area contributed by atoms with Crippen molar-refractivity contribution < 1.29 is 18.7 Å². The number of para-hydroxylation sites is 1. The van der Waals surface area contributed by atoms with Crippen molar-refractivity contribution in [1.82, 2.24) is 4.98 Å². The van der Waals surface area contributed by atoms with Crippen LogP contribution in [0, 0.1) is 11.6 Å². The molecule has 0 spiro atoms. The molecule has 2 N–H and O–H groups in total. The van der Waals surface area contributed by atoms with Gasteiger partial charge in [-0.2, -0.15) is 0 Å². The van der Waals surface area contributed by atoms with Gasteiger partial charge in [0, 0.05) is 17.0 Å². The Bertz CT molecular complexity index is 989. The standard InChI is InChI=1S/C16H8F2N2O2/c17-7-5-9(18)12-11(6-7)20-16(22)13(12)14-15(21)8-3-1-2-4-10(8)19-14/h1-6,20,22H. The Balaban J connectivity index is 2.01. The van der Waals surface area contributed by atoms with E-state index in [1.54, 1.807) is 24.3 Å². The Morgan fingerprint density at radius 1 is 1.14 bits per heavy atom. The van der Waals surface area contributed by atoms with Crippen LogP contribution in [-0.2, 0) is 0 Å². The van der Waals surface area contributed by atoms with E-state index in [1.807, 2.05) is 0 Å². The highest BCUT2D eigenvalue weighted by atomic mass is 19.1. The predicted octanol–water partition coefficient (Wildman–Crippen LogP) is 3.47. The smallest absolute Gasteiger partial charge is 0.214 e. The first-order chi connectivity index (χ1) is 10.6. The van der Waals surface area contributed by atoms with E-state index in [0.29, 0.717) is 17.3 Å². The Labute approximate surface area is 122 Å². The number of carbonyl (C=O) groups is 1. The Hall–Kier alpha value is -3.02. The van der Waals surface area contributed by atoms with Gasteiger partial charge in [0.05, 0.1) is 16.8 Å². The first-order valence-corrected chi connectivity index (χ1v) is 6.48. The lowest BCUT2D eigenvalue weighted by Gasteiger charge is -2.00. The predicted molar refractivity (Wildman–Crippen MR) is 76.8 cm³/mol. The maximum absolute atomic E-state index is 14.1. The zero-order valence-electron chi connectivity index (χ0n) is 11.0. The van der Waals surface area contributed by atoms with Crippen LogP contribution in [-0.4, -0.2) is 21.6 Å². The summed E-state index contributed by atoms with van der Waals surface area (Å²) in [4.78, 5) is 19.1. The molecule has 0 unspecified atom stereocenters. The van der Waals surface area contributed by atoms with Crippen molar-refractivity contribution in [3.05, 3.63) is 59.2 Å². The van der Waals surface area contributed by atoms with Crippen LogP contribution in [0.2, 0.25) is 0 Å². The van der Waals surface area contributed by atoms with E-state index in [0.717, 1.165) is 6.07 Å². The van der Waals surface area contributed by atoms with Gasteiger partial charge in [-0.3, -0.25) is 4.79 Å². The molecule has 1 aliphatic rings. The number of Topliss-reactive ketones (excluding diaryl/α,β-unsaturated/α-hetero) is 1. The van der Waals surface area contributed by atoms with Crippen LogP contribution in [0.3, 0.4) is 0 Å². The number of benzene rings is 2. The molecule has 1 aliphatic heterocycles. The summed E-state index contributed by atoms with van der Waals surface area (Å²) in [5.41, 5.74) is 0.799. The molecule has 0 saturated carbocycles. The number of H-pyrrole nitrogens is 1. The SMILES string of the molecule is O=C1C(c2c(O)[nH]c3cc(F)cc(F)c23)=Nc2ccccc21. The highest BCUT2D eigenvalue weighted by Gasteiger charge is 2.31. The van der Waals surface area contributed by atoms with Crippen molar-refractivity contribution in [3.63, 3.8) is 0 Å². The average molecular weight is 298 g/mol. The number of aromatic amines is 1. The summed E-state index contributed by atoms with van der Waals surface area (Å²) in [6, 6.07) is 8.43. The summed E-state index contributed by atoms with van der Waals surface area (Å²) >= 11 is 0. The number of aromatic nitrogens is 1. The van der Waals surface area contributed by atoms with Crippen LogP contribution in [0.4, 0.5) is 14.5 Å². The molecule has 2 aromatic carbocycles. The molecule has 0 bridgehead atoms. The van der Waals surface area contributed by atoms with Gasteiger partial charge in [0.25, 0.3) is 0 Å². The molecule has 1 aromatic heterocycles. The minimum atomic E-state index is -0.868. The highest BCUT2D eigenvalue weighted by Crippen LogP contribution is 2.36. The molecule has 108 valence electrons. The fraction of sp³-hybridized carbons (Fsp3) is 0. The van der Waals surface area contributed by atoms with Crippen LogP contribution in [0.5, 0.6) is 5.88 Å². The summed E-state index contributed by atoms with van der Waals surface area (Å²) in [5.74, 6) is -2.47. The number of ketones is 1. The maximum atomic E-state index is 14.1. The van der Waals surface area contributed by atoms with Crippen LogP contribution in [0.15, 0.2) is 41.4 Å². The lowest BCUT2D eigenvalue weighted by atomic mass is 10.0. The van der Waals surface area contributed by atoms with Crippen molar-refractivity contribution in [3.8, 4) is 5.88 Å². The van der Waals surface area contributed by atoms with Gasteiger partial charge in [0.15, 0.2) is 5.88 Å². The molecule has 0 atom stereocenters. The fourth-order valence-corrected chi connectivity index (χ4v) is 2.70. The quantitative estimate of drug-likeness (QED) is 0.722. The number of hydrogen-bond acceptors (Lipinski definition) is 3. The van der Waals surface area contributed by atoms with Crippen molar-refractivity contribution in [2.45, 2.75) is 0 Å². The molecule has 3 aromatic rings. The molecule has 0 saturated heterocycles. The second kappa shape index (κ2) is 4.24. The van der Waals surface area contributed by atoms with Gasteiger partial charge in [-0.1, -0.05) is 12.1 Å². The van der Waals surface area contributed by atoms with E-state index in [-0.39, 0.29) is 22.2 Å². The minimum absolute atomic E-state index is 0.0475. The Morgan fingerprint density at radius 2 is 1.91 bits per heavy atom. The molecule has 2 heterocycles. The zero-order chi connectivity index (χ0) is 15.4. The molecule has 6 heteroatoms. The molecular weight excluding hydrogens is 290 g/mol. The van der Waals surface area contributed by atoms with Gasteiger partial charge in [0.1, 0.15) is 17.3 Å². The van der Waals surface area contributed by atoms with E-state index in [1.165, 1.54) is 0 Å². The lowest BCUT2D eigenvalue weighted by molar-refractivity contribution is 0.107. The molecule has 0 fully saturated rings. The van der Waals surface area contributed by atoms with Crippen molar-refractivity contribution in [2.24, 2.45) is 4.99 Å². The summed E-state index contributed by atoms with van der Waals surface area (Å²) in [6.45, 7) is 0. The van der Waals surface area contributed by atoms with E-state index in [9.17, 15) is 18.7 Å². The summed E-state index contributed by atoms with van der Waals surface area (Å²) in [6.07, 6.45) is 0. The van der Waals surface area contributed by atoms with Gasteiger partial charge < -0.3 is 10.1 Å². The van der Waals surface area contributed by atoms with Gasteiger partial charge in [0.2, 0.25) is 5.78 Å². The number of nitrogens with one attached hydrogen (secondary N) is 1. The first kappa shape index (κ1) is 12.7. The van der Waals surface area contributed by atoms with E-state index >= 15 is 0 Å². The van der Waals surface area contributed by atoms with Gasteiger partial charge in [-0.05, 0) is 18.2 Å². The molecule has 0 radical (unpaired) electrons. The lowest BCUT2D eigenvalue weighted by Crippen LogP contribution is -2.11. The molecular formula is C16H8F2N2O2. The number of aromatic hydroxyl groups is 1. The molecule has 0 amide bonds. The monoisotopic (exact) mass is 298 g/mol. The molecule has 22 heavy (non-hydrogen) atoms. The summed E-state index contributed by atoms with van der Waals surface area (Å²) in [5, 5.41) is 9.97. The molecule has 0 aliphatic carbocycles. The van der Waals surface area contributed by atoms with Crippen molar-refractivity contribution in [2.75, 3.05) is 0 Å². The number of fused-ring (bicyclic) bond motifs is 2. The van der Waals surface area contributed by atoms with Crippen LogP contribution >= 0.6 is 0 Å². The van der Waals surface area contributed by atoms with E-state index in [4.69, 9.17) is 0 Å². The van der Waals surface area contributed by atoms with Crippen molar-refractivity contribution >= 4 is 28.1 Å². The molecule has 4 rings (SSSR count). The van der Waals surface area contributed by atoms with Gasteiger partial charge >= 0.3 is 0 Å². The van der Waals surface area contributed by atoms with Crippen LogP contribution < -0.4 is 0 Å². The first-order valence-electron chi connectivity index (χ1n) is 6.48. The van der Waals surface area contributed by atoms with Crippen LogP contribution in [0.1, 0.15) is 15.9 Å². The summed E-state index contributed by atoms with van der Waals surface area (Å²) < 4.78 is 27.4. The second-order valence-corrected chi connectivity index (χ2v) is 4.97. The zero-order valence-corrected chi connectivity index (χ0v) is 11.0. The largest absolute Gasteiger partial charge is 0.494 e. The van der Waals surface area contributed by atoms with Crippen molar-refractivity contribution in [1.29, 1.82) is 0 Å². The number of halogens is 2. The van der Waals surface area contributed by atoms with E-state index in [2.05, 4.69) is 9.98 Å². The van der Waals surface area contributed by atoms with Gasteiger partial charge in [-0.15, -0.1) is 0 Å². The normalized spacial score (nSPS) is 13.5. The topological polar surface area (TPSA) is 65.4 Å². The third-order valence-electron chi connectivity index (χ3n) is 3.63. The second-order valence-electron chi connectivity index (χ2n) is 4.97. The number of nitrogens with zero attached hydrogens (tertiary/aromatic N) is 1. The fourth-order valence-electron chi connectivity index (χ4n) is 2.70. The Morgan fingerprint density at radius 3 is 2.68 bits per heavy atom. The summed E-state index contributed by atoms with van der Waals surface area (Å²) in [7, 11) is 0. The third kappa shape index (κ3) is 1.60. The van der Waals surface area contributed by atoms with Gasteiger partial charge in [-0.25, -0.2) is 13.8 Å². The number of aliphatic imine (C=N–C) groups is 1. The molecule has 4 nitrogen and oxygen atoms in total.